The van der Waals surface area contributed by atoms with Gasteiger partial charge in [-0.2, -0.15) is 0 Å². The van der Waals surface area contributed by atoms with Gasteiger partial charge in [-0.25, -0.2) is 0 Å². The van der Waals surface area contributed by atoms with Gasteiger partial charge in [0.25, 0.3) is 0 Å². The second-order valence-corrected chi connectivity index (χ2v) is 3.62. The summed E-state index contributed by atoms with van der Waals surface area (Å²) in [5, 5.41) is 0. The van der Waals surface area contributed by atoms with Gasteiger partial charge >= 0.3 is 0 Å². The number of hydrogen-bond acceptors (Lipinski definition) is 0. The highest BCUT2D eigenvalue weighted by atomic mass is 14.3. The summed E-state index contributed by atoms with van der Waals surface area (Å²) in [4.78, 5) is 0. The van der Waals surface area contributed by atoms with E-state index in [2.05, 4.69) is 13.8 Å². The zero-order chi connectivity index (χ0) is 7.40. The molecule has 0 N–H and O–H groups in total. The summed E-state index contributed by atoms with van der Waals surface area (Å²) in [7, 11) is 0. The molecular formula is C10H19. The van der Waals surface area contributed by atoms with Crippen LogP contribution < -0.4 is 0 Å². The topological polar surface area (TPSA) is 0 Å². The first-order valence-corrected chi connectivity index (χ1v) is 4.66. The SMILES string of the molecule is [CH2]CC1CCC(CCC)C1. The first-order chi connectivity index (χ1) is 4.86. The van der Waals surface area contributed by atoms with Gasteiger partial charge in [-0.1, -0.05) is 46.0 Å². The summed E-state index contributed by atoms with van der Waals surface area (Å²) in [6.07, 6.45) is 8.39. The van der Waals surface area contributed by atoms with Crippen LogP contribution in [0.4, 0.5) is 0 Å². The lowest BCUT2D eigenvalue weighted by atomic mass is 9.99. The molecular weight excluding hydrogens is 120 g/mol. The lowest BCUT2D eigenvalue weighted by Gasteiger charge is -2.07. The van der Waals surface area contributed by atoms with Crippen molar-refractivity contribution in [2.75, 3.05) is 0 Å². The van der Waals surface area contributed by atoms with Crippen molar-refractivity contribution in [3.05, 3.63) is 6.92 Å². The van der Waals surface area contributed by atoms with Crippen LogP contribution in [-0.4, -0.2) is 0 Å². The Kier molecular flexibility index (Phi) is 3.24. The normalized spacial score (nSPS) is 33.0. The standard InChI is InChI=1S/C10H19/c1-3-5-10-7-6-9(4-2)8-10/h9-10H,2-8H2,1H3. The number of hydrogen-bond donors (Lipinski definition) is 0. The van der Waals surface area contributed by atoms with E-state index in [1.54, 1.807) is 0 Å². The van der Waals surface area contributed by atoms with Gasteiger partial charge < -0.3 is 0 Å². The van der Waals surface area contributed by atoms with Gasteiger partial charge in [0, 0.05) is 0 Å². The van der Waals surface area contributed by atoms with Crippen molar-refractivity contribution in [3.8, 4) is 0 Å². The Morgan fingerprint density at radius 3 is 2.50 bits per heavy atom. The molecule has 10 heavy (non-hydrogen) atoms. The summed E-state index contributed by atoms with van der Waals surface area (Å²) in [6, 6.07) is 0. The predicted molar refractivity (Wildman–Crippen MR) is 45.7 cm³/mol. The van der Waals surface area contributed by atoms with E-state index in [9.17, 15) is 0 Å². The van der Waals surface area contributed by atoms with Gasteiger partial charge in [-0.15, -0.1) is 0 Å². The molecule has 2 atom stereocenters. The molecule has 0 heteroatoms. The molecule has 0 saturated heterocycles. The summed E-state index contributed by atoms with van der Waals surface area (Å²) >= 11 is 0. The molecule has 1 radical (unpaired) electrons. The summed E-state index contributed by atoms with van der Waals surface area (Å²) in [5.41, 5.74) is 0. The second-order valence-electron chi connectivity index (χ2n) is 3.62. The largest absolute Gasteiger partial charge is 0.0654 e. The Bertz CT molecular complexity index is 86.0. The van der Waals surface area contributed by atoms with Gasteiger partial charge in [0.05, 0.1) is 0 Å². The molecule has 1 aliphatic carbocycles. The van der Waals surface area contributed by atoms with Crippen LogP contribution in [0.15, 0.2) is 0 Å². The lowest BCUT2D eigenvalue weighted by molar-refractivity contribution is 0.462. The van der Waals surface area contributed by atoms with Crippen LogP contribution in [0, 0.1) is 18.8 Å². The van der Waals surface area contributed by atoms with E-state index in [0.717, 1.165) is 11.8 Å². The van der Waals surface area contributed by atoms with Crippen LogP contribution in [0.1, 0.15) is 45.4 Å². The van der Waals surface area contributed by atoms with Crippen LogP contribution in [0.3, 0.4) is 0 Å². The molecule has 0 aromatic heterocycles. The van der Waals surface area contributed by atoms with E-state index < -0.39 is 0 Å². The summed E-state index contributed by atoms with van der Waals surface area (Å²) < 4.78 is 0. The molecule has 0 bridgehead atoms. The zero-order valence-electron chi connectivity index (χ0n) is 7.10. The van der Waals surface area contributed by atoms with E-state index in [-0.39, 0.29) is 0 Å². The van der Waals surface area contributed by atoms with Crippen molar-refractivity contribution >= 4 is 0 Å². The fourth-order valence-corrected chi connectivity index (χ4v) is 2.11. The molecule has 2 unspecified atom stereocenters. The van der Waals surface area contributed by atoms with E-state index >= 15 is 0 Å². The van der Waals surface area contributed by atoms with Crippen LogP contribution in [0.5, 0.6) is 0 Å². The molecule has 1 saturated carbocycles. The Balaban J connectivity index is 2.15. The van der Waals surface area contributed by atoms with Gasteiger partial charge in [0.2, 0.25) is 0 Å². The van der Waals surface area contributed by atoms with Gasteiger partial charge in [0.15, 0.2) is 0 Å². The van der Waals surface area contributed by atoms with Crippen molar-refractivity contribution in [1.82, 2.24) is 0 Å². The van der Waals surface area contributed by atoms with Crippen LogP contribution in [-0.2, 0) is 0 Å². The smallest absolute Gasteiger partial charge is 0.0412 e. The van der Waals surface area contributed by atoms with E-state index in [0.29, 0.717) is 0 Å². The van der Waals surface area contributed by atoms with Crippen molar-refractivity contribution in [2.24, 2.45) is 11.8 Å². The molecule has 0 amide bonds. The highest BCUT2D eigenvalue weighted by molar-refractivity contribution is 4.75. The molecule has 1 aliphatic rings. The average Bonchev–Trinajstić information content (AvgIpc) is 2.37. The minimum Gasteiger partial charge on any atom is -0.0654 e. The Hall–Kier alpha value is 0. The van der Waals surface area contributed by atoms with Crippen LogP contribution in [0.25, 0.3) is 0 Å². The van der Waals surface area contributed by atoms with Gasteiger partial charge in [-0.3, -0.25) is 0 Å². The molecule has 0 nitrogen and oxygen atoms in total. The maximum Gasteiger partial charge on any atom is -0.0412 e. The second kappa shape index (κ2) is 4.00. The van der Waals surface area contributed by atoms with E-state index in [1.807, 2.05) is 0 Å². The van der Waals surface area contributed by atoms with Crippen molar-refractivity contribution in [2.45, 2.75) is 45.4 Å². The van der Waals surface area contributed by atoms with Gasteiger partial charge in [-0.05, 0) is 18.3 Å². The average molecular weight is 139 g/mol. The minimum atomic E-state index is 0.969. The molecule has 0 heterocycles. The molecule has 1 rings (SSSR count). The maximum atomic E-state index is 3.96. The Morgan fingerprint density at radius 2 is 2.00 bits per heavy atom. The quantitative estimate of drug-likeness (QED) is 0.562. The molecule has 0 aromatic carbocycles. The first-order valence-electron chi connectivity index (χ1n) is 4.66. The third-order valence-corrected chi connectivity index (χ3v) is 2.76. The molecule has 0 spiro atoms. The Labute approximate surface area is 65.0 Å². The minimum absolute atomic E-state index is 0.969. The zero-order valence-corrected chi connectivity index (χ0v) is 7.10. The summed E-state index contributed by atoms with van der Waals surface area (Å²) in [5.74, 6) is 2.02. The molecule has 59 valence electrons. The monoisotopic (exact) mass is 139 g/mol. The summed E-state index contributed by atoms with van der Waals surface area (Å²) in [6.45, 7) is 6.25. The van der Waals surface area contributed by atoms with E-state index in [4.69, 9.17) is 0 Å². The highest BCUT2D eigenvalue weighted by Crippen LogP contribution is 2.35. The third kappa shape index (κ3) is 2.00. The molecule has 1 fully saturated rings. The Morgan fingerprint density at radius 1 is 1.30 bits per heavy atom. The third-order valence-electron chi connectivity index (χ3n) is 2.76. The van der Waals surface area contributed by atoms with Crippen LogP contribution >= 0.6 is 0 Å². The molecule has 0 aromatic rings. The van der Waals surface area contributed by atoms with Crippen molar-refractivity contribution in [1.29, 1.82) is 0 Å². The van der Waals surface area contributed by atoms with Crippen molar-refractivity contribution in [3.63, 3.8) is 0 Å². The van der Waals surface area contributed by atoms with Crippen LogP contribution in [0.2, 0.25) is 0 Å². The highest BCUT2D eigenvalue weighted by Gasteiger charge is 2.21. The first kappa shape index (κ1) is 8.10. The van der Waals surface area contributed by atoms with Gasteiger partial charge in [0.1, 0.15) is 0 Å². The predicted octanol–water partition coefficient (Wildman–Crippen LogP) is 3.43. The van der Waals surface area contributed by atoms with Crippen molar-refractivity contribution < 1.29 is 0 Å². The fourth-order valence-electron chi connectivity index (χ4n) is 2.11. The molecule has 0 aliphatic heterocycles. The fraction of sp³-hybridized carbons (Fsp3) is 0.900. The maximum absolute atomic E-state index is 3.96. The lowest BCUT2D eigenvalue weighted by Crippen LogP contribution is -1.94. The number of rotatable bonds is 3. The van der Waals surface area contributed by atoms with E-state index in [1.165, 1.54) is 38.5 Å².